The number of benzene rings is 1. The third-order valence-corrected chi connectivity index (χ3v) is 4.92. The Balaban J connectivity index is 1.69. The van der Waals surface area contributed by atoms with Gasteiger partial charge in [0.2, 0.25) is 5.91 Å². The fourth-order valence-electron chi connectivity index (χ4n) is 3.44. The first-order valence-corrected chi connectivity index (χ1v) is 8.86. The van der Waals surface area contributed by atoms with Crippen LogP contribution in [-0.4, -0.2) is 35.7 Å². The normalized spacial score (nSPS) is 23.2. The van der Waals surface area contributed by atoms with E-state index in [1.165, 1.54) is 6.07 Å². The summed E-state index contributed by atoms with van der Waals surface area (Å²) in [5.41, 5.74) is -0.376. The van der Waals surface area contributed by atoms with Crippen molar-refractivity contribution in [2.45, 2.75) is 38.0 Å². The van der Waals surface area contributed by atoms with Crippen molar-refractivity contribution in [3.8, 4) is 6.07 Å². The number of fused-ring (bicyclic) bond motifs is 1. The van der Waals surface area contributed by atoms with Crippen LogP contribution in [0.1, 0.15) is 18.9 Å². The first kappa shape index (κ1) is 19.9. The van der Waals surface area contributed by atoms with Crippen LogP contribution in [0.2, 0.25) is 0 Å². The maximum Gasteiger partial charge on any atom is 0.252 e. The highest BCUT2D eigenvalue weighted by atomic mass is 19.2. The van der Waals surface area contributed by atoms with Gasteiger partial charge in [-0.25, -0.2) is 13.2 Å². The van der Waals surface area contributed by atoms with E-state index in [9.17, 15) is 22.8 Å². The zero-order valence-corrected chi connectivity index (χ0v) is 15.1. The van der Waals surface area contributed by atoms with Crippen LogP contribution in [-0.2, 0) is 11.2 Å². The smallest absolute Gasteiger partial charge is 0.252 e. The standard InChI is InChI=1S/C19H19F3N4O2/c1-9(18-15(22)2-10(7-23)8-24-18)25-17(27)5-12-3-11-4-13(20)14(21)6-16(11)26-19(12)28/h3-4,6,9-10,15,18,24H,2,5,8H2,1H3,(H,25,27)(H,26,28)/t9-,10?,15?,18?/m0/s1. The molecule has 9 heteroatoms. The molecule has 1 aromatic heterocycles. The van der Waals surface area contributed by atoms with Gasteiger partial charge < -0.3 is 15.6 Å². The van der Waals surface area contributed by atoms with Crippen molar-refractivity contribution >= 4 is 16.8 Å². The summed E-state index contributed by atoms with van der Waals surface area (Å²) in [4.78, 5) is 26.8. The van der Waals surface area contributed by atoms with Gasteiger partial charge in [0.15, 0.2) is 11.6 Å². The van der Waals surface area contributed by atoms with Crippen LogP contribution >= 0.6 is 0 Å². The topological polar surface area (TPSA) is 97.8 Å². The molecule has 1 aliphatic rings. The highest BCUT2D eigenvalue weighted by molar-refractivity contribution is 5.83. The van der Waals surface area contributed by atoms with E-state index in [-0.39, 0.29) is 29.3 Å². The number of piperidine rings is 1. The lowest BCUT2D eigenvalue weighted by atomic mass is 9.90. The van der Waals surface area contributed by atoms with Gasteiger partial charge >= 0.3 is 0 Å². The Bertz CT molecular complexity index is 1000. The zero-order valence-electron chi connectivity index (χ0n) is 15.1. The molecule has 4 atom stereocenters. The molecule has 1 aromatic carbocycles. The molecule has 0 spiro atoms. The molecule has 0 saturated carbocycles. The fraction of sp³-hybridized carbons (Fsp3) is 0.421. The van der Waals surface area contributed by atoms with Crippen LogP contribution in [0.25, 0.3) is 10.9 Å². The summed E-state index contributed by atoms with van der Waals surface area (Å²) in [7, 11) is 0. The van der Waals surface area contributed by atoms with Crippen LogP contribution in [0.15, 0.2) is 23.0 Å². The fourth-order valence-corrected chi connectivity index (χ4v) is 3.44. The van der Waals surface area contributed by atoms with E-state index in [1.54, 1.807) is 6.92 Å². The van der Waals surface area contributed by atoms with Crippen molar-refractivity contribution in [2.24, 2.45) is 5.92 Å². The second-order valence-corrected chi connectivity index (χ2v) is 7.02. The average Bonchev–Trinajstić information content (AvgIpc) is 2.63. The minimum Gasteiger partial charge on any atom is -0.352 e. The number of hydrogen-bond acceptors (Lipinski definition) is 4. The molecule has 28 heavy (non-hydrogen) atoms. The van der Waals surface area contributed by atoms with E-state index >= 15 is 0 Å². The number of aromatic nitrogens is 1. The van der Waals surface area contributed by atoms with Crippen molar-refractivity contribution in [1.82, 2.24) is 15.6 Å². The van der Waals surface area contributed by atoms with Crippen molar-refractivity contribution in [2.75, 3.05) is 6.54 Å². The van der Waals surface area contributed by atoms with Crippen molar-refractivity contribution in [3.63, 3.8) is 0 Å². The van der Waals surface area contributed by atoms with Crippen LogP contribution in [0.3, 0.4) is 0 Å². The quantitative estimate of drug-likeness (QED) is 0.738. The molecular weight excluding hydrogens is 373 g/mol. The van der Waals surface area contributed by atoms with Crippen LogP contribution in [0.5, 0.6) is 0 Å². The lowest BCUT2D eigenvalue weighted by Crippen LogP contribution is -2.57. The van der Waals surface area contributed by atoms with Crippen LogP contribution in [0, 0.1) is 28.9 Å². The monoisotopic (exact) mass is 392 g/mol. The number of nitriles is 1. The van der Waals surface area contributed by atoms with Crippen LogP contribution in [0.4, 0.5) is 13.2 Å². The number of H-pyrrole nitrogens is 1. The number of aromatic amines is 1. The van der Waals surface area contributed by atoms with E-state index in [0.717, 1.165) is 12.1 Å². The highest BCUT2D eigenvalue weighted by Gasteiger charge is 2.34. The molecule has 3 N–H and O–H groups in total. The number of amides is 1. The Morgan fingerprint density at radius 2 is 2.07 bits per heavy atom. The van der Waals surface area contributed by atoms with E-state index < -0.39 is 47.3 Å². The van der Waals surface area contributed by atoms with Crippen molar-refractivity contribution in [1.29, 1.82) is 5.26 Å². The lowest BCUT2D eigenvalue weighted by molar-refractivity contribution is -0.121. The molecule has 2 aromatic rings. The number of hydrogen-bond donors (Lipinski definition) is 3. The number of pyridine rings is 1. The van der Waals surface area contributed by atoms with Gasteiger partial charge in [-0.1, -0.05) is 0 Å². The Hall–Kier alpha value is -2.86. The number of nitrogens with one attached hydrogen (secondary N) is 3. The third kappa shape index (κ3) is 4.17. The van der Waals surface area contributed by atoms with Gasteiger partial charge in [-0.15, -0.1) is 0 Å². The molecule has 2 heterocycles. The van der Waals surface area contributed by atoms with E-state index in [2.05, 4.69) is 15.6 Å². The second kappa shape index (κ2) is 8.02. The minimum absolute atomic E-state index is 0.0844. The number of halogens is 3. The molecule has 148 valence electrons. The Labute approximate surface area is 158 Å². The minimum atomic E-state index is -1.28. The van der Waals surface area contributed by atoms with Gasteiger partial charge in [-0.2, -0.15) is 5.26 Å². The van der Waals surface area contributed by atoms with Gasteiger partial charge in [0.05, 0.1) is 30.0 Å². The largest absolute Gasteiger partial charge is 0.352 e. The molecule has 3 rings (SSSR count). The number of nitrogens with zero attached hydrogens (tertiary/aromatic N) is 1. The predicted octanol–water partition coefficient (Wildman–Crippen LogP) is 1.69. The summed E-state index contributed by atoms with van der Waals surface area (Å²) >= 11 is 0. The predicted molar refractivity (Wildman–Crippen MR) is 96.2 cm³/mol. The highest BCUT2D eigenvalue weighted by Crippen LogP contribution is 2.20. The molecular formula is C19H19F3N4O2. The molecule has 1 amide bonds. The summed E-state index contributed by atoms with van der Waals surface area (Å²) in [6, 6.07) is 3.96. The second-order valence-electron chi connectivity index (χ2n) is 7.02. The summed E-state index contributed by atoms with van der Waals surface area (Å²) in [6.45, 7) is 1.98. The van der Waals surface area contributed by atoms with Crippen molar-refractivity contribution in [3.05, 3.63) is 45.8 Å². The van der Waals surface area contributed by atoms with Gasteiger partial charge in [-0.05, 0) is 25.5 Å². The molecule has 0 aliphatic carbocycles. The molecule has 0 bridgehead atoms. The number of rotatable bonds is 4. The summed E-state index contributed by atoms with van der Waals surface area (Å²) in [5, 5.41) is 14.7. The maximum atomic E-state index is 14.2. The Kier molecular flexibility index (Phi) is 5.70. The van der Waals surface area contributed by atoms with E-state index in [1.807, 2.05) is 6.07 Å². The van der Waals surface area contributed by atoms with E-state index in [0.29, 0.717) is 6.54 Å². The van der Waals surface area contributed by atoms with E-state index in [4.69, 9.17) is 5.26 Å². The average molecular weight is 392 g/mol. The third-order valence-electron chi connectivity index (χ3n) is 4.92. The molecule has 1 fully saturated rings. The van der Waals surface area contributed by atoms with Gasteiger partial charge in [0, 0.05) is 29.6 Å². The first-order chi connectivity index (χ1) is 13.3. The van der Waals surface area contributed by atoms with Gasteiger partial charge in [0.25, 0.3) is 5.56 Å². The maximum absolute atomic E-state index is 14.2. The lowest BCUT2D eigenvalue weighted by Gasteiger charge is -2.34. The number of carbonyl (C=O) groups is 1. The zero-order chi connectivity index (χ0) is 20.4. The molecule has 0 radical (unpaired) electrons. The number of carbonyl (C=O) groups excluding carboxylic acids is 1. The summed E-state index contributed by atoms with van der Waals surface area (Å²) in [5.74, 6) is -3.05. The summed E-state index contributed by atoms with van der Waals surface area (Å²) in [6.07, 6.45) is -1.48. The number of alkyl halides is 1. The van der Waals surface area contributed by atoms with Crippen molar-refractivity contribution < 1.29 is 18.0 Å². The molecule has 6 nitrogen and oxygen atoms in total. The summed E-state index contributed by atoms with van der Waals surface area (Å²) < 4.78 is 40.9. The Morgan fingerprint density at radius 1 is 1.36 bits per heavy atom. The first-order valence-electron chi connectivity index (χ1n) is 8.86. The molecule has 1 saturated heterocycles. The van der Waals surface area contributed by atoms with Gasteiger partial charge in [0.1, 0.15) is 6.17 Å². The Morgan fingerprint density at radius 3 is 2.75 bits per heavy atom. The van der Waals surface area contributed by atoms with Crippen LogP contribution < -0.4 is 16.2 Å². The molecule has 1 aliphatic heterocycles. The molecule has 3 unspecified atom stereocenters. The van der Waals surface area contributed by atoms with Gasteiger partial charge in [-0.3, -0.25) is 9.59 Å². The SMILES string of the molecule is C[C@H](NC(=O)Cc1cc2cc(F)c(F)cc2[nH]c1=O)C1NCC(C#N)CC1F.